The van der Waals surface area contributed by atoms with Crippen molar-refractivity contribution >= 4 is 33.4 Å². The van der Waals surface area contributed by atoms with Gasteiger partial charge in [0, 0.05) is 28.6 Å². The van der Waals surface area contributed by atoms with Crippen molar-refractivity contribution in [1.82, 2.24) is 4.72 Å². The predicted molar refractivity (Wildman–Crippen MR) is 94.6 cm³/mol. The van der Waals surface area contributed by atoms with Gasteiger partial charge in [0.15, 0.2) is 0 Å². The van der Waals surface area contributed by atoms with Gasteiger partial charge in [-0.15, -0.1) is 0 Å². The minimum absolute atomic E-state index is 0.0503. The summed E-state index contributed by atoms with van der Waals surface area (Å²) in [7, 11) is -3.69. The van der Waals surface area contributed by atoms with E-state index in [2.05, 4.69) is 4.72 Å². The molecule has 0 saturated heterocycles. The van der Waals surface area contributed by atoms with Gasteiger partial charge >= 0.3 is 0 Å². The Labute approximate surface area is 149 Å². The van der Waals surface area contributed by atoms with Gasteiger partial charge in [-0.05, 0) is 23.8 Å². The van der Waals surface area contributed by atoms with Crippen molar-refractivity contribution in [3.05, 3.63) is 70.2 Å². The second kappa shape index (κ2) is 8.80. The number of hydrogen-bond donors (Lipinski definition) is 1. The highest BCUT2D eigenvalue weighted by Crippen LogP contribution is 2.21. The predicted octanol–water partition coefficient (Wildman–Crippen LogP) is 3.97. The zero-order valence-electron chi connectivity index (χ0n) is 12.6. The first-order valence-electron chi connectivity index (χ1n) is 7.10. The fraction of sp³-hybridized carbons (Fsp3) is 0.250. The summed E-state index contributed by atoms with van der Waals surface area (Å²) in [6.45, 7) is 0.174. The molecule has 1 N–H and O–H groups in total. The molecule has 0 fully saturated rings. The van der Waals surface area contributed by atoms with E-state index in [1.807, 2.05) is 0 Å². The molecule has 2 rings (SSSR count). The van der Waals surface area contributed by atoms with Crippen LogP contribution >= 0.6 is 23.4 Å². The maximum Gasteiger partial charge on any atom is 0.215 e. The van der Waals surface area contributed by atoms with E-state index in [-0.39, 0.29) is 22.9 Å². The highest BCUT2D eigenvalue weighted by molar-refractivity contribution is 7.98. The molecule has 3 nitrogen and oxygen atoms in total. The largest absolute Gasteiger partial charge is 0.215 e. The van der Waals surface area contributed by atoms with E-state index >= 15 is 0 Å². The third-order valence-electron chi connectivity index (χ3n) is 3.18. The van der Waals surface area contributed by atoms with E-state index in [4.69, 9.17) is 11.6 Å². The molecule has 2 aromatic rings. The average molecular weight is 392 g/mol. The van der Waals surface area contributed by atoms with Gasteiger partial charge in [0.1, 0.15) is 11.6 Å². The summed E-state index contributed by atoms with van der Waals surface area (Å²) in [4.78, 5) is 0. The number of hydrogen-bond acceptors (Lipinski definition) is 3. The second-order valence-corrected chi connectivity index (χ2v) is 8.32. The van der Waals surface area contributed by atoms with Crippen LogP contribution in [0.15, 0.2) is 42.5 Å². The molecule has 0 spiro atoms. The lowest BCUT2D eigenvalue weighted by Crippen LogP contribution is -2.27. The van der Waals surface area contributed by atoms with Crippen molar-refractivity contribution in [1.29, 1.82) is 0 Å². The van der Waals surface area contributed by atoms with E-state index < -0.39 is 21.6 Å². The molecule has 24 heavy (non-hydrogen) atoms. The number of rotatable bonds is 8. The monoisotopic (exact) mass is 391 g/mol. The summed E-state index contributed by atoms with van der Waals surface area (Å²) in [5.74, 6) is -0.524. The highest BCUT2D eigenvalue weighted by atomic mass is 35.5. The average Bonchev–Trinajstić information content (AvgIpc) is 2.52. The van der Waals surface area contributed by atoms with Gasteiger partial charge < -0.3 is 0 Å². The van der Waals surface area contributed by atoms with Gasteiger partial charge in [-0.3, -0.25) is 0 Å². The smallest absolute Gasteiger partial charge is 0.214 e. The lowest BCUT2D eigenvalue weighted by atomic mass is 10.2. The van der Waals surface area contributed by atoms with Crippen LogP contribution in [0.2, 0.25) is 5.02 Å². The van der Waals surface area contributed by atoms with E-state index in [1.54, 1.807) is 18.2 Å². The second-order valence-electron chi connectivity index (χ2n) is 5.00. The van der Waals surface area contributed by atoms with E-state index in [0.29, 0.717) is 17.1 Å². The van der Waals surface area contributed by atoms with Gasteiger partial charge in [0.25, 0.3) is 0 Å². The molecule has 0 radical (unpaired) electrons. The van der Waals surface area contributed by atoms with Crippen LogP contribution in [0.25, 0.3) is 0 Å². The zero-order chi connectivity index (χ0) is 17.6. The van der Waals surface area contributed by atoms with Crippen LogP contribution in [0.1, 0.15) is 11.1 Å². The summed E-state index contributed by atoms with van der Waals surface area (Å²) in [5, 5.41) is 0.0781. The first-order chi connectivity index (χ1) is 11.4. The zero-order valence-corrected chi connectivity index (χ0v) is 15.0. The Morgan fingerprint density at radius 3 is 2.46 bits per heavy atom. The summed E-state index contributed by atoms with van der Waals surface area (Å²) in [6.07, 6.45) is 0. The molecule has 2 aromatic carbocycles. The molecule has 0 aliphatic carbocycles. The molecule has 0 aromatic heterocycles. The molecule has 0 bridgehead atoms. The van der Waals surface area contributed by atoms with Gasteiger partial charge in [-0.1, -0.05) is 35.9 Å². The van der Waals surface area contributed by atoms with Gasteiger partial charge in [0.05, 0.1) is 5.75 Å². The Bertz CT molecular complexity index is 780. The van der Waals surface area contributed by atoms with Crippen molar-refractivity contribution in [2.24, 2.45) is 0 Å². The van der Waals surface area contributed by atoms with Crippen LogP contribution < -0.4 is 4.72 Å². The Morgan fingerprint density at radius 1 is 1.04 bits per heavy atom. The molecule has 0 atom stereocenters. The van der Waals surface area contributed by atoms with Crippen LogP contribution in [0.5, 0.6) is 0 Å². The lowest BCUT2D eigenvalue weighted by Gasteiger charge is -2.09. The van der Waals surface area contributed by atoms with Crippen molar-refractivity contribution in [3.8, 4) is 0 Å². The van der Waals surface area contributed by atoms with Crippen LogP contribution in [0.3, 0.4) is 0 Å². The minimum atomic E-state index is -3.69. The molecule has 0 aliphatic rings. The first kappa shape index (κ1) is 19.2. The molecule has 0 amide bonds. The fourth-order valence-electron chi connectivity index (χ4n) is 1.98. The number of nitrogens with one attached hydrogen (secondary N) is 1. The summed E-state index contributed by atoms with van der Waals surface area (Å²) in [5.41, 5.74) is 0.522. The summed E-state index contributed by atoms with van der Waals surface area (Å²) >= 11 is 7.24. The molecule has 130 valence electrons. The third kappa shape index (κ3) is 5.73. The molecule has 0 saturated carbocycles. The molecule has 0 unspecified atom stereocenters. The molecule has 0 aliphatic heterocycles. The SMILES string of the molecule is O=S(=O)(Cc1c(F)cccc1Cl)NCCSCc1ccccc1F. The standard InChI is InChI=1S/C16H16ClF2NO2S2/c17-14-5-3-7-16(19)13(14)11-24(21,22)20-8-9-23-10-12-4-1-2-6-15(12)18/h1-7,20H,8-11H2. The topological polar surface area (TPSA) is 46.2 Å². The van der Waals surface area contributed by atoms with Crippen molar-refractivity contribution in [2.45, 2.75) is 11.5 Å². The van der Waals surface area contributed by atoms with Crippen molar-refractivity contribution in [3.63, 3.8) is 0 Å². The summed E-state index contributed by atoms with van der Waals surface area (Å²) < 4.78 is 53.4. The normalized spacial score (nSPS) is 11.6. The first-order valence-corrected chi connectivity index (χ1v) is 10.3. The van der Waals surface area contributed by atoms with Crippen LogP contribution in [0, 0.1) is 11.6 Å². The molecule has 8 heteroatoms. The van der Waals surface area contributed by atoms with Crippen LogP contribution in [0.4, 0.5) is 8.78 Å². The summed E-state index contributed by atoms with van der Waals surface area (Å²) in [6, 6.07) is 10.5. The fourth-order valence-corrected chi connectivity index (χ4v) is 4.45. The van der Waals surface area contributed by atoms with Gasteiger partial charge in [-0.2, -0.15) is 11.8 Å². The van der Waals surface area contributed by atoms with Crippen molar-refractivity contribution < 1.29 is 17.2 Å². The Morgan fingerprint density at radius 2 is 1.75 bits per heavy atom. The maximum atomic E-state index is 13.6. The molecule has 0 heterocycles. The lowest BCUT2D eigenvalue weighted by molar-refractivity contribution is 0.577. The quantitative estimate of drug-likeness (QED) is 0.692. The molecular weight excluding hydrogens is 376 g/mol. The van der Waals surface area contributed by atoms with Crippen LogP contribution in [-0.4, -0.2) is 20.7 Å². The van der Waals surface area contributed by atoms with Crippen LogP contribution in [-0.2, 0) is 21.5 Å². The van der Waals surface area contributed by atoms with E-state index in [0.717, 1.165) is 0 Å². The Hall–Kier alpha value is -1.15. The van der Waals surface area contributed by atoms with E-state index in [1.165, 1.54) is 36.0 Å². The number of halogens is 3. The third-order valence-corrected chi connectivity index (χ3v) is 5.85. The molecular formula is C16H16ClF2NO2S2. The van der Waals surface area contributed by atoms with Gasteiger partial charge in [0.2, 0.25) is 10.0 Å². The Kier molecular flexibility index (Phi) is 7.03. The highest BCUT2D eigenvalue weighted by Gasteiger charge is 2.16. The number of sulfonamides is 1. The van der Waals surface area contributed by atoms with Gasteiger partial charge in [-0.25, -0.2) is 21.9 Å². The van der Waals surface area contributed by atoms with Crippen molar-refractivity contribution in [2.75, 3.05) is 12.3 Å². The van der Waals surface area contributed by atoms with E-state index in [9.17, 15) is 17.2 Å². The minimum Gasteiger partial charge on any atom is -0.214 e. The number of thioether (sulfide) groups is 1. The Balaban J connectivity index is 1.80. The number of benzene rings is 2. The maximum absolute atomic E-state index is 13.6.